The summed E-state index contributed by atoms with van der Waals surface area (Å²) in [5.74, 6) is -0.103. The molecule has 0 atom stereocenters. The highest BCUT2D eigenvalue weighted by Gasteiger charge is 2.38. The van der Waals surface area contributed by atoms with Crippen LogP contribution in [-0.2, 0) is 9.53 Å². The van der Waals surface area contributed by atoms with Crippen LogP contribution in [0, 0.1) is 5.41 Å². The Bertz CT molecular complexity index is 501. The van der Waals surface area contributed by atoms with Crippen molar-refractivity contribution in [1.29, 1.82) is 0 Å². The van der Waals surface area contributed by atoms with Gasteiger partial charge in [-0.3, -0.25) is 0 Å². The van der Waals surface area contributed by atoms with Gasteiger partial charge < -0.3 is 4.74 Å². The third kappa shape index (κ3) is 1.67. The SMILES string of the molecule is CC1=CC2=C(CC(C)(C)C2)C2=C(COC2=O)C1. The van der Waals surface area contributed by atoms with Crippen molar-refractivity contribution in [2.75, 3.05) is 6.61 Å². The molecule has 0 saturated carbocycles. The molecule has 2 nitrogen and oxygen atoms in total. The minimum absolute atomic E-state index is 0.103. The first-order valence-corrected chi connectivity index (χ1v) is 6.25. The van der Waals surface area contributed by atoms with Gasteiger partial charge in [-0.2, -0.15) is 0 Å². The Morgan fingerprint density at radius 3 is 2.82 bits per heavy atom. The van der Waals surface area contributed by atoms with Gasteiger partial charge in [0.25, 0.3) is 0 Å². The molecule has 0 bridgehead atoms. The predicted molar refractivity (Wildman–Crippen MR) is 66.4 cm³/mol. The first-order valence-electron chi connectivity index (χ1n) is 6.25. The zero-order chi connectivity index (χ0) is 12.2. The molecule has 0 aromatic heterocycles. The summed E-state index contributed by atoms with van der Waals surface area (Å²) in [6.45, 7) is 7.18. The molecule has 1 heterocycles. The van der Waals surface area contributed by atoms with Crippen molar-refractivity contribution in [3.05, 3.63) is 33.9 Å². The highest BCUT2D eigenvalue weighted by molar-refractivity contribution is 5.97. The van der Waals surface area contributed by atoms with E-state index in [1.165, 1.54) is 22.3 Å². The Morgan fingerprint density at radius 1 is 1.29 bits per heavy atom. The van der Waals surface area contributed by atoms with Gasteiger partial charge in [0.05, 0.1) is 5.57 Å². The molecule has 17 heavy (non-hydrogen) atoms. The van der Waals surface area contributed by atoms with Gasteiger partial charge in [-0.05, 0) is 48.3 Å². The van der Waals surface area contributed by atoms with Crippen LogP contribution in [-0.4, -0.2) is 12.6 Å². The fraction of sp³-hybridized carbons (Fsp3) is 0.533. The average molecular weight is 230 g/mol. The second kappa shape index (κ2) is 3.34. The molecule has 0 N–H and O–H groups in total. The summed E-state index contributed by atoms with van der Waals surface area (Å²) in [5.41, 5.74) is 6.32. The molecule has 3 rings (SSSR count). The molecule has 1 aliphatic heterocycles. The molecule has 2 aliphatic carbocycles. The number of esters is 1. The summed E-state index contributed by atoms with van der Waals surface area (Å²) in [5, 5.41) is 0. The van der Waals surface area contributed by atoms with Gasteiger partial charge >= 0.3 is 5.97 Å². The molecule has 0 fully saturated rings. The molecule has 0 unspecified atom stereocenters. The van der Waals surface area contributed by atoms with Crippen molar-refractivity contribution in [3.63, 3.8) is 0 Å². The molecule has 0 radical (unpaired) electrons. The third-order valence-electron chi connectivity index (χ3n) is 3.86. The van der Waals surface area contributed by atoms with Crippen molar-refractivity contribution in [2.45, 2.75) is 40.0 Å². The Hall–Kier alpha value is -1.31. The maximum Gasteiger partial charge on any atom is 0.338 e. The molecule has 0 amide bonds. The van der Waals surface area contributed by atoms with Gasteiger partial charge in [-0.25, -0.2) is 4.79 Å². The monoisotopic (exact) mass is 230 g/mol. The average Bonchev–Trinajstić information content (AvgIpc) is 2.64. The molecule has 2 heteroatoms. The van der Waals surface area contributed by atoms with Crippen molar-refractivity contribution in [3.8, 4) is 0 Å². The van der Waals surface area contributed by atoms with E-state index in [1.54, 1.807) is 0 Å². The fourth-order valence-corrected chi connectivity index (χ4v) is 3.27. The Balaban J connectivity index is 2.13. The van der Waals surface area contributed by atoms with Crippen LogP contribution < -0.4 is 0 Å². The number of carbonyl (C=O) groups is 1. The smallest absolute Gasteiger partial charge is 0.338 e. The molecule has 3 aliphatic rings. The lowest BCUT2D eigenvalue weighted by Gasteiger charge is -2.17. The Labute approximate surface area is 102 Å². The number of rotatable bonds is 0. The molecule has 0 saturated heterocycles. The van der Waals surface area contributed by atoms with Crippen molar-refractivity contribution < 1.29 is 9.53 Å². The molecular weight excluding hydrogens is 212 g/mol. The van der Waals surface area contributed by atoms with E-state index in [0.29, 0.717) is 6.61 Å². The maximum atomic E-state index is 11.9. The van der Waals surface area contributed by atoms with E-state index in [0.717, 1.165) is 24.8 Å². The lowest BCUT2D eigenvalue weighted by molar-refractivity contribution is -0.135. The quantitative estimate of drug-likeness (QED) is 0.597. The predicted octanol–water partition coefficient (Wildman–Crippen LogP) is 3.31. The standard InChI is InChI=1S/C15H18O2/c1-9-4-10-6-15(2,3)7-12(10)13-11(5-9)8-17-14(13)16/h4H,5-8H2,1-3H3. The number of allylic oxidation sites excluding steroid dienone is 3. The molecule has 0 aromatic carbocycles. The van der Waals surface area contributed by atoms with E-state index >= 15 is 0 Å². The number of fused-ring (bicyclic) bond motifs is 1. The lowest BCUT2D eigenvalue weighted by Crippen LogP contribution is -2.08. The maximum absolute atomic E-state index is 11.9. The van der Waals surface area contributed by atoms with Crippen LogP contribution in [0.4, 0.5) is 0 Å². The number of cyclic esters (lactones) is 1. The van der Waals surface area contributed by atoms with Crippen molar-refractivity contribution >= 4 is 5.97 Å². The van der Waals surface area contributed by atoms with Crippen LogP contribution in [0.5, 0.6) is 0 Å². The van der Waals surface area contributed by atoms with E-state index in [4.69, 9.17) is 4.74 Å². The second-order valence-corrected chi connectivity index (χ2v) is 6.24. The highest BCUT2D eigenvalue weighted by atomic mass is 16.5. The van der Waals surface area contributed by atoms with E-state index < -0.39 is 0 Å². The number of carbonyl (C=O) groups excluding carboxylic acids is 1. The fourth-order valence-electron chi connectivity index (χ4n) is 3.27. The zero-order valence-electron chi connectivity index (χ0n) is 10.7. The van der Waals surface area contributed by atoms with Crippen molar-refractivity contribution in [1.82, 2.24) is 0 Å². The summed E-state index contributed by atoms with van der Waals surface area (Å²) in [6.07, 6.45) is 5.26. The summed E-state index contributed by atoms with van der Waals surface area (Å²) >= 11 is 0. The van der Waals surface area contributed by atoms with Gasteiger partial charge in [0.15, 0.2) is 0 Å². The first kappa shape index (κ1) is 10.8. The Morgan fingerprint density at radius 2 is 2.06 bits per heavy atom. The summed E-state index contributed by atoms with van der Waals surface area (Å²) < 4.78 is 5.21. The van der Waals surface area contributed by atoms with Crippen LogP contribution in [0.25, 0.3) is 0 Å². The van der Waals surface area contributed by atoms with E-state index in [1.807, 2.05) is 0 Å². The summed E-state index contributed by atoms with van der Waals surface area (Å²) in [7, 11) is 0. The number of ether oxygens (including phenoxy) is 1. The minimum atomic E-state index is -0.103. The second-order valence-electron chi connectivity index (χ2n) is 6.24. The minimum Gasteiger partial charge on any atom is -0.458 e. The third-order valence-corrected chi connectivity index (χ3v) is 3.86. The number of hydrogen-bond acceptors (Lipinski definition) is 2. The van der Waals surface area contributed by atoms with Gasteiger partial charge in [0.2, 0.25) is 0 Å². The molecule has 0 spiro atoms. The zero-order valence-corrected chi connectivity index (χ0v) is 10.7. The van der Waals surface area contributed by atoms with E-state index in [9.17, 15) is 4.79 Å². The highest BCUT2D eigenvalue weighted by Crippen LogP contribution is 2.48. The Kier molecular flexibility index (Phi) is 2.13. The first-order chi connectivity index (χ1) is 7.96. The summed E-state index contributed by atoms with van der Waals surface area (Å²) in [4.78, 5) is 11.9. The molecule has 90 valence electrons. The molecule has 0 aromatic rings. The van der Waals surface area contributed by atoms with Gasteiger partial charge in [-0.1, -0.05) is 25.5 Å². The van der Waals surface area contributed by atoms with Crippen LogP contribution >= 0.6 is 0 Å². The van der Waals surface area contributed by atoms with Crippen LogP contribution in [0.1, 0.15) is 40.0 Å². The normalized spacial score (nSPS) is 26.5. The largest absolute Gasteiger partial charge is 0.458 e. The van der Waals surface area contributed by atoms with Crippen LogP contribution in [0.15, 0.2) is 33.9 Å². The lowest BCUT2D eigenvalue weighted by atomic mass is 9.86. The van der Waals surface area contributed by atoms with Gasteiger partial charge in [0, 0.05) is 0 Å². The van der Waals surface area contributed by atoms with Crippen molar-refractivity contribution in [2.24, 2.45) is 5.41 Å². The number of hydrogen-bond donors (Lipinski definition) is 0. The van der Waals surface area contributed by atoms with Crippen LogP contribution in [0.2, 0.25) is 0 Å². The van der Waals surface area contributed by atoms with E-state index in [-0.39, 0.29) is 11.4 Å². The topological polar surface area (TPSA) is 26.3 Å². The van der Waals surface area contributed by atoms with Gasteiger partial charge in [0.1, 0.15) is 6.61 Å². The summed E-state index contributed by atoms with van der Waals surface area (Å²) in [6, 6.07) is 0. The van der Waals surface area contributed by atoms with Gasteiger partial charge in [-0.15, -0.1) is 0 Å². The van der Waals surface area contributed by atoms with Crippen LogP contribution in [0.3, 0.4) is 0 Å². The van der Waals surface area contributed by atoms with E-state index in [2.05, 4.69) is 26.8 Å². The molecular formula is C15H18O2.